The lowest BCUT2D eigenvalue weighted by Gasteiger charge is -2.15. The van der Waals surface area contributed by atoms with Crippen molar-refractivity contribution in [3.63, 3.8) is 0 Å². The highest BCUT2D eigenvalue weighted by molar-refractivity contribution is 6.30. The number of nitrogens with zero attached hydrogens (tertiary/aromatic N) is 1. The number of carboxylic acids is 1. The fourth-order valence-corrected chi connectivity index (χ4v) is 2.72. The first kappa shape index (κ1) is 20.1. The summed E-state index contributed by atoms with van der Waals surface area (Å²) in [7, 11) is 1.47. The van der Waals surface area contributed by atoms with Crippen LogP contribution in [0.3, 0.4) is 0 Å². The Morgan fingerprint density at radius 3 is 2.74 bits per heavy atom. The van der Waals surface area contributed by atoms with E-state index in [2.05, 4.69) is 12.6 Å². The normalized spacial score (nSPS) is 10.8. The molecule has 2 rings (SSSR count). The summed E-state index contributed by atoms with van der Waals surface area (Å²) in [6, 6.07) is 12.7. The molecular formula is C21H18ClNO4. The number of halogens is 1. The molecule has 6 heteroatoms. The topological polar surface area (TPSA) is 79.5 Å². The molecule has 0 heterocycles. The molecule has 0 aliphatic rings. The van der Waals surface area contributed by atoms with E-state index in [0.29, 0.717) is 45.2 Å². The van der Waals surface area contributed by atoms with Crippen molar-refractivity contribution in [1.29, 1.82) is 5.26 Å². The predicted molar refractivity (Wildman–Crippen MR) is 105 cm³/mol. The van der Waals surface area contributed by atoms with Crippen LogP contribution in [0.15, 0.2) is 49.1 Å². The first-order valence-electron chi connectivity index (χ1n) is 8.02. The standard InChI is InChI=1S/C21H18ClNO4/c1-3-5-16-8-14(10-19(26-2)21(16)27-13-20(24)25)9-17(12-23)15-6-4-7-18(22)11-15/h3-4,6-11H,1,5,13H2,2H3,(H,24,25)/b17-9-. The van der Waals surface area contributed by atoms with Crippen LogP contribution in [0.1, 0.15) is 16.7 Å². The van der Waals surface area contributed by atoms with Crippen molar-refractivity contribution < 1.29 is 19.4 Å². The summed E-state index contributed by atoms with van der Waals surface area (Å²) in [5.74, 6) is -0.359. The van der Waals surface area contributed by atoms with E-state index < -0.39 is 12.6 Å². The average molecular weight is 384 g/mol. The summed E-state index contributed by atoms with van der Waals surface area (Å²) in [5, 5.41) is 18.9. The van der Waals surface area contributed by atoms with Gasteiger partial charge in [-0.3, -0.25) is 0 Å². The van der Waals surface area contributed by atoms with Crippen molar-refractivity contribution in [3.05, 3.63) is 70.8 Å². The quantitative estimate of drug-likeness (QED) is 0.409. The van der Waals surface area contributed by atoms with Gasteiger partial charge in [-0.25, -0.2) is 4.79 Å². The second-order valence-electron chi connectivity index (χ2n) is 5.57. The molecule has 2 aromatic rings. The van der Waals surface area contributed by atoms with Gasteiger partial charge in [-0.15, -0.1) is 6.58 Å². The molecule has 27 heavy (non-hydrogen) atoms. The van der Waals surface area contributed by atoms with E-state index in [1.54, 1.807) is 42.5 Å². The van der Waals surface area contributed by atoms with Crippen LogP contribution in [-0.4, -0.2) is 24.8 Å². The van der Waals surface area contributed by atoms with Crippen LogP contribution in [0.5, 0.6) is 11.5 Å². The molecule has 2 aromatic carbocycles. The zero-order valence-corrected chi connectivity index (χ0v) is 15.5. The maximum Gasteiger partial charge on any atom is 0.341 e. The van der Waals surface area contributed by atoms with Crippen molar-refractivity contribution in [2.45, 2.75) is 6.42 Å². The molecule has 0 aliphatic carbocycles. The maximum absolute atomic E-state index is 10.8. The van der Waals surface area contributed by atoms with Crippen LogP contribution in [0.25, 0.3) is 11.6 Å². The van der Waals surface area contributed by atoms with Gasteiger partial charge in [-0.2, -0.15) is 5.26 Å². The van der Waals surface area contributed by atoms with Crippen LogP contribution in [0.2, 0.25) is 5.02 Å². The minimum atomic E-state index is -1.08. The molecule has 0 unspecified atom stereocenters. The third-order valence-corrected chi connectivity index (χ3v) is 3.88. The maximum atomic E-state index is 10.8. The number of ether oxygens (including phenoxy) is 2. The zero-order valence-electron chi connectivity index (χ0n) is 14.7. The summed E-state index contributed by atoms with van der Waals surface area (Å²) in [6.07, 6.45) is 3.84. The van der Waals surface area contributed by atoms with Gasteiger partial charge in [0.25, 0.3) is 0 Å². The number of carbonyl (C=O) groups is 1. The minimum absolute atomic E-state index is 0.346. The number of carboxylic acid groups (broad SMARTS) is 1. The summed E-state index contributed by atoms with van der Waals surface area (Å²) in [4.78, 5) is 10.8. The number of hydrogen-bond donors (Lipinski definition) is 1. The van der Waals surface area contributed by atoms with Gasteiger partial charge < -0.3 is 14.6 Å². The van der Waals surface area contributed by atoms with Gasteiger partial charge >= 0.3 is 5.97 Å². The van der Waals surface area contributed by atoms with Crippen LogP contribution < -0.4 is 9.47 Å². The molecule has 0 fully saturated rings. The third kappa shape index (κ3) is 5.37. The molecule has 0 saturated carbocycles. The van der Waals surface area contributed by atoms with Gasteiger partial charge in [0, 0.05) is 10.6 Å². The molecule has 0 amide bonds. The Labute approximate surface area is 162 Å². The van der Waals surface area contributed by atoms with Gasteiger partial charge in [-0.05, 0) is 47.9 Å². The zero-order chi connectivity index (χ0) is 19.8. The Balaban J connectivity index is 2.53. The molecule has 0 atom stereocenters. The van der Waals surface area contributed by atoms with Gasteiger partial charge in [0.05, 0.1) is 18.8 Å². The second-order valence-corrected chi connectivity index (χ2v) is 6.00. The molecule has 1 N–H and O–H groups in total. The van der Waals surface area contributed by atoms with Crippen LogP contribution in [0.4, 0.5) is 0 Å². The first-order chi connectivity index (χ1) is 13.0. The number of aliphatic carboxylic acids is 1. The van der Waals surface area contributed by atoms with Crippen molar-refractivity contribution in [1.82, 2.24) is 0 Å². The summed E-state index contributed by atoms with van der Waals surface area (Å²) < 4.78 is 10.7. The number of hydrogen-bond acceptors (Lipinski definition) is 4. The SMILES string of the molecule is C=CCc1cc(/C=C(/C#N)c2cccc(Cl)c2)cc(OC)c1OCC(=O)O. The molecule has 0 spiro atoms. The minimum Gasteiger partial charge on any atom is -0.493 e. The van der Waals surface area contributed by atoms with Gasteiger partial charge in [0.2, 0.25) is 0 Å². The third-order valence-electron chi connectivity index (χ3n) is 3.65. The molecular weight excluding hydrogens is 366 g/mol. The fraction of sp³-hybridized carbons (Fsp3) is 0.143. The van der Waals surface area contributed by atoms with E-state index in [9.17, 15) is 10.1 Å². The van der Waals surface area contributed by atoms with Crippen LogP contribution in [0, 0.1) is 11.3 Å². The average Bonchev–Trinajstić information content (AvgIpc) is 2.64. The fourth-order valence-electron chi connectivity index (χ4n) is 2.53. The van der Waals surface area contributed by atoms with Crippen molar-refractivity contribution in [3.8, 4) is 17.6 Å². The van der Waals surface area contributed by atoms with E-state index in [-0.39, 0.29) is 0 Å². The monoisotopic (exact) mass is 383 g/mol. The van der Waals surface area contributed by atoms with E-state index in [1.807, 2.05) is 6.07 Å². The van der Waals surface area contributed by atoms with Crippen molar-refractivity contribution >= 4 is 29.2 Å². The Morgan fingerprint density at radius 1 is 1.37 bits per heavy atom. The Kier molecular flexibility index (Phi) is 7.04. The van der Waals surface area contributed by atoms with E-state index in [1.165, 1.54) is 7.11 Å². The number of benzene rings is 2. The Hall–Kier alpha value is -3.23. The largest absolute Gasteiger partial charge is 0.493 e. The molecule has 0 aliphatic heterocycles. The molecule has 0 aromatic heterocycles. The predicted octanol–water partition coefficient (Wildman–Crippen LogP) is 4.60. The number of nitriles is 1. The highest BCUT2D eigenvalue weighted by Crippen LogP contribution is 2.35. The Bertz CT molecular complexity index is 928. The first-order valence-corrected chi connectivity index (χ1v) is 8.40. The van der Waals surface area contributed by atoms with E-state index in [0.717, 1.165) is 0 Å². The smallest absolute Gasteiger partial charge is 0.341 e. The molecule has 0 bridgehead atoms. The van der Waals surface area contributed by atoms with Crippen molar-refractivity contribution in [2.24, 2.45) is 0 Å². The highest BCUT2D eigenvalue weighted by atomic mass is 35.5. The second kappa shape index (κ2) is 9.46. The van der Waals surface area contributed by atoms with Crippen LogP contribution >= 0.6 is 11.6 Å². The number of allylic oxidation sites excluding steroid dienone is 2. The summed E-state index contributed by atoms with van der Waals surface area (Å²) in [5.41, 5.74) is 2.55. The van der Waals surface area contributed by atoms with Crippen LogP contribution in [-0.2, 0) is 11.2 Å². The lowest BCUT2D eigenvalue weighted by Crippen LogP contribution is -2.11. The highest BCUT2D eigenvalue weighted by Gasteiger charge is 2.14. The Morgan fingerprint density at radius 2 is 2.15 bits per heavy atom. The van der Waals surface area contributed by atoms with E-state index >= 15 is 0 Å². The number of rotatable bonds is 8. The van der Waals surface area contributed by atoms with Crippen molar-refractivity contribution in [2.75, 3.05) is 13.7 Å². The lowest BCUT2D eigenvalue weighted by atomic mass is 10.0. The molecule has 138 valence electrons. The summed E-state index contributed by atoms with van der Waals surface area (Å²) in [6.45, 7) is 3.23. The number of methoxy groups -OCH3 is 1. The van der Waals surface area contributed by atoms with Gasteiger partial charge in [-0.1, -0.05) is 29.8 Å². The summed E-state index contributed by atoms with van der Waals surface area (Å²) >= 11 is 6.01. The van der Waals surface area contributed by atoms with E-state index in [4.69, 9.17) is 26.2 Å². The molecule has 5 nitrogen and oxygen atoms in total. The van der Waals surface area contributed by atoms with Gasteiger partial charge in [0.15, 0.2) is 18.1 Å². The molecule has 0 radical (unpaired) electrons. The lowest BCUT2D eigenvalue weighted by molar-refractivity contribution is -0.139. The molecule has 0 saturated heterocycles. The van der Waals surface area contributed by atoms with Gasteiger partial charge in [0.1, 0.15) is 0 Å².